The summed E-state index contributed by atoms with van der Waals surface area (Å²) in [5, 5.41) is 0. The summed E-state index contributed by atoms with van der Waals surface area (Å²) < 4.78 is 35.5. The lowest BCUT2D eigenvalue weighted by Crippen LogP contribution is -2.44. The van der Waals surface area contributed by atoms with E-state index in [0.717, 1.165) is 48.9 Å². The molecule has 0 spiro atoms. The predicted molar refractivity (Wildman–Crippen MR) is 269 cm³/mol. The summed E-state index contributed by atoms with van der Waals surface area (Å²) in [6.07, 6.45) is 7.44. The van der Waals surface area contributed by atoms with Gasteiger partial charge in [0.15, 0.2) is 33.3 Å². The minimum atomic E-state index is -1.72. The molecule has 0 amide bonds. The highest BCUT2D eigenvalue weighted by Crippen LogP contribution is 2.34. The molecule has 0 saturated heterocycles. The van der Waals surface area contributed by atoms with Gasteiger partial charge in [-0.15, -0.1) is 0 Å². The monoisotopic (exact) mass is 928 g/mol. The Hall–Kier alpha value is -3.79. The first-order valence-electron chi connectivity index (χ1n) is 23.2. The Balaban J connectivity index is 1.19. The van der Waals surface area contributed by atoms with E-state index in [4.69, 9.17) is 27.2 Å². The molecule has 0 bridgehead atoms. The van der Waals surface area contributed by atoms with Crippen LogP contribution in [0.25, 0.3) is 0 Å². The lowest BCUT2D eigenvalue weighted by Gasteiger charge is -2.34. The van der Waals surface area contributed by atoms with Crippen LogP contribution in [-0.2, 0) is 26.5 Å². The largest absolute Gasteiger partial charge is 0.519 e. The standard InChI is InChI=1S/C51H76O8Si4/c1-13-15-37-60(5,6)58-62(9,10)39-17-19-41-21-29-45(30-22-41)54-49(52)56-47-33-25-43(26-34-47)51(3,4)44-27-35-48(36-28-44)57-50(53)55-46-31-23-42(24-32-46)20-18-40-63(11,12)59-61(7,8)38-16-14-2/h21-36H,13-20,37-40H2,1-12H3. The van der Waals surface area contributed by atoms with Gasteiger partial charge < -0.3 is 27.2 Å². The van der Waals surface area contributed by atoms with Crippen molar-refractivity contribution in [2.45, 2.75) is 161 Å². The summed E-state index contributed by atoms with van der Waals surface area (Å²) in [6, 6.07) is 34.8. The van der Waals surface area contributed by atoms with Crippen LogP contribution in [0.5, 0.6) is 23.0 Å². The van der Waals surface area contributed by atoms with E-state index in [1.807, 2.05) is 72.8 Å². The first kappa shape index (κ1) is 51.8. The second-order valence-corrected chi connectivity index (χ2v) is 37.7. The van der Waals surface area contributed by atoms with Gasteiger partial charge >= 0.3 is 12.3 Å². The molecule has 344 valence electrons. The molecule has 0 aliphatic rings. The van der Waals surface area contributed by atoms with Gasteiger partial charge in [0.1, 0.15) is 23.0 Å². The van der Waals surface area contributed by atoms with Crippen molar-refractivity contribution in [1.29, 1.82) is 0 Å². The number of rotatable bonds is 24. The van der Waals surface area contributed by atoms with Crippen LogP contribution in [0.3, 0.4) is 0 Å². The summed E-state index contributed by atoms with van der Waals surface area (Å²) in [6.45, 7) is 27.5. The van der Waals surface area contributed by atoms with Crippen LogP contribution in [0.1, 0.15) is 88.5 Å². The van der Waals surface area contributed by atoms with Gasteiger partial charge in [0, 0.05) is 5.41 Å². The number of carbonyl (C=O) groups is 2. The SMILES string of the molecule is CCCC[Si](C)(C)O[Si](C)(C)CCCc1ccc(OC(=O)Oc2ccc(C(C)(C)c3ccc(OC(=O)Oc4ccc(CCC[Si](C)(C)O[Si](C)(C)CCCC)cc4)cc3)cc2)cc1. The predicted octanol–water partition coefficient (Wildman–Crippen LogP) is 15.5. The number of ether oxygens (including phenoxy) is 4. The van der Waals surface area contributed by atoms with Crippen molar-refractivity contribution < 1.29 is 36.8 Å². The Morgan fingerprint density at radius 3 is 0.937 bits per heavy atom. The maximum absolute atomic E-state index is 12.7. The molecular formula is C51H76O8Si4. The molecule has 0 heterocycles. The highest BCUT2D eigenvalue weighted by molar-refractivity contribution is 6.85. The summed E-state index contributed by atoms with van der Waals surface area (Å²) in [7, 11) is -6.65. The summed E-state index contributed by atoms with van der Waals surface area (Å²) in [5.41, 5.74) is 4.06. The average molecular weight is 930 g/mol. The van der Waals surface area contributed by atoms with Gasteiger partial charge in [0.05, 0.1) is 0 Å². The molecule has 0 radical (unpaired) electrons. The van der Waals surface area contributed by atoms with E-state index in [0.29, 0.717) is 23.0 Å². The fourth-order valence-electron chi connectivity index (χ4n) is 8.26. The minimum absolute atomic E-state index is 0.387. The van der Waals surface area contributed by atoms with Crippen molar-refractivity contribution in [1.82, 2.24) is 0 Å². The number of unbranched alkanes of at least 4 members (excludes halogenated alkanes) is 2. The minimum Gasteiger partial charge on any atom is -0.455 e. The van der Waals surface area contributed by atoms with E-state index in [1.165, 1.54) is 48.9 Å². The Morgan fingerprint density at radius 1 is 0.413 bits per heavy atom. The van der Waals surface area contributed by atoms with Crippen LogP contribution in [0.15, 0.2) is 97.1 Å². The van der Waals surface area contributed by atoms with Gasteiger partial charge in [-0.2, -0.15) is 0 Å². The van der Waals surface area contributed by atoms with Crippen molar-refractivity contribution in [2.24, 2.45) is 0 Å². The highest BCUT2D eigenvalue weighted by Gasteiger charge is 2.33. The molecule has 0 saturated carbocycles. The third kappa shape index (κ3) is 18.3. The van der Waals surface area contributed by atoms with E-state index in [-0.39, 0.29) is 0 Å². The van der Waals surface area contributed by atoms with E-state index < -0.39 is 51.0 Å². The maximum Gasteiger partial charge on any atom is 0.519 e. The van der Waals surface area contributed by atoms with Crippen molar-refractivity contribution >= 4 is 45.6 Å². The molecule has 63 heavy (non-hydrogen) atoms. The summed E-state index contributed by atoms with van der Waals surface area (Å²) in [4.78, 5) is 25.4. The van der Waals surface area contributed by atoms with E-state index in [1.54, 1.807) is 24.3 Å². The van der Waals surface area contributed by atoms with Gasteiger partial charge in [-0.1, -0.05) is 102 Å². The molecule has 0 aliphatic heterocycles. The molecule has 0 fully saturated rings. The van der Waals surface area contributed by atoms with Gasteiger partial charge in [-0.25, -0.2) is 9.59 Å². The molecule has 12 heteroatoms. The van der Waals surface area contributed by atoms with Crippen LogP contribution in [0.2, 0.25) is 76.6 Å². The lowest BCUT2D eigenvalue weighted by molar-refractivity contribution is 0.150. The van der Waals surface area contributed by atoms with Crippen LogP contribution < -0.4 is 18.9 Å². The van der Waals surface area contributed by atoms with E-state index in [9.17, 15) is 9.59 Å². The van der Waals surface area contributed by atoms with Crippen molar-refractivity contribution in [3.05, 3.63) is 119 Å². The fourth-order valence-corrected chi connectivity index (χ4v) is 26.3. The average Bonchev–Trinajstić information content (AvgIpc) is 3.20. The molecule has 0 aliphatic carbocycles. The smallest absolute Gasteiger partial charge is 0.455 e. The normalized spacial score (nSPS) is 12.5. The zero-order chi connectivity index (χ0) is 46.3. The van der Waals surface area contributed by atoms with Gasteiger partial charge in [0.25, 0.3) is 0 Å². The number of benzene rings is 4. The molecule has 0 N–H and O–H groups in total. The zero-order valence-corrected chi connectivity index (χ0v) is 44.5. The van der Waals surface area contributed by atoms with Gasteiger partial charge in [-0.3, -0.25) is 0 Å². The second-order valence-electron chi connectivity index (χ2n) is 20.0. The second kappa shape index (κ2) is 23.4. The third-order valence-corrected chi connectivity index (χ3v) is 26.7. The van der Waals surface area contributed by atoms with E-state index >= 15 is 0 Å². The molecular weight excluding hydrogens is 853 g/mol. The number of hydrogen-bond donors (Lipinski definition) is 0. The molecule has 4 rings (SSSR count). The van der Waals surface area contributed by atoms with Crippen LogP contribution in [-0.4, -0.2) is 45.6 Å². The van der Waals surface area contributed by atoms with Crippen molar-refractivity contribution in [3.63, 3.8) is 0 Å². The van der Waals surface area contributed by atoms with Crippen LogP contribution >= 0.6 is 0 Å². The Labute approximate surface area is 383 Å². The van der Waals surface area contributed by atoms with Gasteiger partial charge in [-0.05, 0) is 173 Å². The maximum atomic E-state index is 12.7. The molecule has 4 aromatic rings. The van der Waals surface area contributed by atoms with Gasteiger partial charge in [0.2, 0.25) is 0 Å². The number of carbonyl (C=O) groups excluding carboxylic acids is 2. The molecule has 4 aromatic carbocycles. The fraction of sp³-hybridized carbons (Fsp3) is 0.490. The third-order valence-electron chi connectivity index (χ3n) is 11.7. The molecule has 0 unspecified atom stereocenters. The van der Waals surface area contributed by atoms with E-state index in [2.05, 4.69) is 80.1 Å². The Kier molecular flexibility index (Phi) is 19.3. The Morgan fingerprint density at radius 2 is 0.667 bits per heavy atom. The first-order valence-corrected chi connectivity index (χ1v) is 35.6. The summed E-state index contributed by atoms with van der Waals surface area (Å²) >= 11 is 0. The number of hydrogen-bond acceptors (Lipinski definition) is 8. The highest BCUT2D eigenvalue weighted by atomic mass is 28.4. The van der Waals surface area contributed by atoms with Crippen molar-refractivity contribution in [2.75, 3.05) is 0 Å². The van der Waals surface area contributed by atoms with Crippen LogP contribution in [0.4, 0.5) is 9.59 Å². The zero-order valence-electron chi connectivity index (χ0n) is 40.5. The number of aryl methyl sites for hydroxylation is 2. The summed E-state index contributed by atoms with van der Waals surface area (Å²) in [5.74, 6) is 1.65. The lowest BCUT2D eigenvalue weighted by atomic mass is 9.78. The molecule has 0 aromatic heterocycles. The first-order chi connectivity index (χ1) is 29.6. The van der Waals surface area contributed by atoms with Crippen LogP contribution in [0, 0.1) is 0 Å². The topological polar surface area (TPSA) is 89.5 Å². The molecule has 0 atom stereocenters. The van der Waals surface area contributed by atoms with Crippen molar-refractivity contribution in [3.8, 4) is 23.0 Å². The quantitative estimate of drug-likeness (QED) is 0.0390. The molecule has 8 nitrogen and oxygen atoms in total. The Bertz CT molecular complexity index is 1870.